The summed E-state index contributed by atoms with van der Waals surface area (Å²) in [5, 5.41) is 0.255. The van der Waals surface area contributed by atoms with E-state index in [1.807, 2.05) is 30.7 Å². The summed E-state index contributed by atoms with van der Waals surface area (Å²) in [5.74, 6) is 0.453. The summed E-state index contributed by atoms with van der Waals surface area (Å²) < 4.78 is 14.5. The van der Waals surface area contributed by atoms with Gasteiger partial charge in [-0.25, -0.2) is 9.37 Å². The number of benzene rings is 1. The molecule has 0 radical (unpaired) electrons. The van der Waals surface area contributed by atoms with Gasteiger partial charge in [0.1, 0.15) is 17.3 Å². The molecular weight excluding hydrogens is 419 g/mol. The van der Waals surface area contributed by atoms with Crippen molar-refractivity contribution in [1.82, 2.24) is 19.4 Å². The van der Waals surface area contributed by atoms with Crippen molar-refractivity contribution in [2.75, 3.05) is 26.7 Å². The van der Waals surface area contributed by atoms with E-state index in [1.165, 1.54) is 13.0 Å². The lowest BCUT2D eigenvalue weighted by Crippen LogP contribution is -2.38. The van der Waals surface area contributed by atoms with Gasteiger partial charge < -0.3 is 14.4 Å². The highest BCUT2D eigenvalue weighted by Crippen LogP contribution is 2.19. The van der Waals surface area contributed by atoms with Crippen molar-refractivity contribution in [2.24, 2.45) is 0 Å². The molecule has 1 aliphatic rings. The van der Waals surface area contributed by atoms with Crippen LogP contribution in [0.1, 0.15) is 42.6 Å². The standard InChI is InChI=1S/C15H22N4O2.C8H8ClF/c1-4-17(3)7-5-6-15(21)18-8-9-19-13(12(2)20)10-16-14(19)11-18;1-2-6-4-3-5-7(10)8(6)9/h5-6,10H,4,7-9,11H2,1-3H3;3-5H,2H2,1H3/b6-5+;. The fourth-order valence-corrected chi connectivity index (χ4v) is 3.38. The number of aromatic nitrogens is 2. The van der Waals surface area contributed by atoms with Crippen LogP contribution < -0.4 is 0 Å². The number of rotatable bonds is 6. The van der Waals surface area contributed by atoms with Gasteiger partial charge in [0, 0.05) is 32.6 Å². The van der Waals surface area contributed by atoms with Crippen molar-refractivity contribution in [3.63, 3.8) is 0 Å². The number of halogens is 2. The highest BCUT2D eigenvalue weighted by atomic mass is 35.5. The average molecular weight is 449 g/mol. The topological polar surface area (TPSA) is 58.4 Å². The van der Waals surface area contributed by atoms with Crippen molar-refractivity contribution in [3.8, 4) is 0 Å². The number of carbonyl (C=O) groups excluding carboxylic acids is 2. The number of nitrogens with zero attached hydrogens (tertiary/aromatic N) is 4. The molecular formula is C23H30ClFN4O2. The van der Waals surface area contributed by atoms with E-state index in [2.05, 4.69) is 16.8 Å². The Morgan fingerprint density at radius 3 is 2.65 bits per heavy atom. The lowest BCUT2D eigenvalue weighted by Gasteiger charge is -2.27. The van der Waals surface area contributed by atoms with E-state index in [4.69, 9.17) is 11.6 Å². The number of Topliss-reactive ketones (excluding diaryl/α,β-unsaturated/α-hetero) is 1. The molecule has 31 heavy (non-hydrogen) atoms. The third-order valence-electron chi connectivity index (χ3n) is 5.17. The minimum Gasteiger partial charge on any atom is -0.330 e. The van der Waals surface area contributed by atoms with E-state index in [9.17, 15) is 14.0 Å². The first kappa shape index (κ1) is 24.8. The van der Waals surface area contributed by atoms with Crippen LogP contribution in [0.25, 0.3) is 0 Å². The zero-order chi connectivity index (χ0) is 23.0. The Balaban J connectivity index is 0.000000285. The van der Waals surface area contributed by atoms with Gasteiger partial charge in [0.15, 0.2) is 5.78 Å². The predicted molar refractivity (Wildman–Crippen MR) is 121 cm³/mol. The number of fused-ring (bicyclic) bond motifs is 1. The lowest BCUT2D eigenvalue weighted by molar-refractivity contribution is -0.127. The molecule has 6 nitrogen and oxygen atoms in total. The van der Waals surface area contributed by atoms with Crippen LogP contribution in [-0.2, 0) is 24.3 Å². The molecule has 0 N–H and O–H groups in total. The van der Waals surface area contributed by atoms with Crippen LogP contribution >= 0.6 is 11.6 Å². The SMILES string of the molecule is CCN(C)C/C=C/C(=O)N1CCn2c(C(C)=O)cnc2C1.CCc1cccc(F)c1Cl. The van der Waals surface area contributed by atoms with Crippen molar-refractivity contribution in [1.29, 1.82) is 0 Å². The van der Waals surface area contributed by atoms with Crippen LogP contribution in [0.5, 0.6) is 0 Å². The molecule has 0 bridgehead atoms. The van der Waals surface area contributed by atoms with Crippen LogP contribution in [0.2, 0.25) is 5.02 Å². The van der Waals surface area contributed by atoms with Crippen LogP contribution in [-0.4, -0.2) is 57.7 Å². The quantitative estimate of drug-likeness (QED) is 0.495. The molecule has 1 aliphatic heterocycles. The molecule has 2 heterocycles. The average Bonchev–Trinajstić information content (AvgIpc) is 3.19. The van der Waals surface area contributed by atoms with Gasteiger partial charge in [-0.3, -0.25) is 9.59 Å². The molecule has 3 rings (SSSR count). The van der Waals surface area contributed by atoms with Crippen LogP contribution in [0.3, 0.4) is 0 Å². The fraction of sp³-hybridized carbons (Fsp3) is 0.435. The van der Waals surface area contributed by atoms with Crippen LogP contribution in [0, 0.1) is 5.82 Å². The number of ketones is 1. The number of imidazole rings is 1. The fourth-order valence-electron chi connectivity index (χ4n) is 3.12. The first-order valence-corrected chi connectivity index (χ1v) is 10.8. The van der Waals surface area contributed by atoms with Gasteiger partial charge in [0.05, 0.1) is 17.8 Å². The Bertz CT molecular complexity index is 942. The predicted octanol–water partition coefficient (Wildman–Crippen LogP) is 3.98. The molecule has 1 aromatic heterocycles. The first-order valence-electron chi connectivity index (χ1n) is 10.4. The van der Waals surface area contributed by atoms with E-state index in [0.29, 0.717) is 25.3 Å². The summed E-state index contributed by atoms with van der Waals surface area (Å²) >= 11 is 5.62. The van der Waals surface area contributed by atoms with Crippen molar-refractivity contribution in [2.45, 2.75) is 40.3 Å². The van der Waals surface area contributed by atoms with E-state index in [-0.39, 0.29) is 22.5 Å². The summed E-state index contributed by atoms with van der Waals surface area (Å²) in [4.78, 5) is 31.7. The highest BCUT2D eigenvalue weighted by molar-refractivity contribution is 6.31. The van der Waals surface area contributed by atoms with Crippen molar-refractivity contribution >= 4 is 23.3 Å². The largest absolute Gasteiger partial charge is 0.330 e. The molecule has 1 amide bonds. The van der Waals surface area contributed by atoms with Crippen molar-refractivity contribution in [3.05, 3.63) is 64.5 Å². The monoisotopic (exact) mass is 448 g/mol. The normalized spacial score (nSPS) is 13.2. The number of hydrogen-bond acceptors (Lipinski definition) is 4. The number of likely N-dealkylation sites (N-methyl/N-ethyl adjacent to an activating group) is 1. The van der Waals surface area contributed by atoms with Gasteiger partial charge in [-0.1, -0.05) is 43.7 Å². The summed E-state index contributed by atoms with van der Waals surface area (Å²) in [7, 11) is 2.01. The maximum absolute atomic E-state index is 12.6. The molecule has 0 saturated heterocycles. The van der Waals surface area contributed by atoms with Crippen LogP contribution in [0.4, 0.5) is 4.39 Å². The second kappa shape index (κ2) is 11.8. The molecule has 8 heteroatoms. The molecule has 0 unspecified atom stereocenters. The zero-order valence-corrected chi connectivity index (χ0v) is 19.3. The summed E-state index contributed by atoms with van der Waals surface area (Å²) in [5.41, 5.74) is 1.49. The second-order valence-electron chi connectivity index (χ2n) is 7.35. The molecule has 0 fully saturated rings. The zero-order valence-electron chi connectivity index (χ0n) is 18.6. The first-order chi connectivity index (χ1) is 14.8. The van der Waals surface area contributed by atoms with Gasteiger partial charge in [0.2, 0.25) is 5.91 Å². The molecule has 2 aromatic rings. The third kappa shape index (κ3) is 6.74. The van der Waals surface area contributed by atoms with Gasteiger partial charge in [-0.2, -0.15) is 0 Å². The van der Waals surface area contributed by atoms with E-state index in [1.54, 1.807) is 23.2 Å². The Morgan fingerprint density at radius 1 is 1.29 bits per heavy atom. The van der Waals surface area contributed by atoms with E-state index >= 15 is 0 Å². The summed E-state index contributed by atoms with van der Waals surface area (Å²) in [6.07, 6.45) is 5.87. The Labute approximate surface area is 188 Å². The number of aryl methyl sites for hydroxylation is 1. The molecule has 0 spiro atoms. The maximum atomic E-state index is 12.6. The van der Waals surface area contributed by atoms with Crippen LogP contribution in [0.15, 0.2) is 36.5 Å². The number of carbonyl (C=O) groups is 2. The number of amides is 1. The van der Waals surface area contributed by atoms with Gasteiger partial charge >= 0.3 is 0 Å². The molecule has 1 aromatic carbocycles. The van der Waals surface area contributed by atoms with Crippen molar-refractivity contribution < 1.29 is 14.0 Å². The smallest absolute Gasteiger partial charge is 0.246 e. The summed E-state index contributed by atoms with van der Waals surface area (Å²) in [6.45, 7) is 8.96. The van der Waals surface area contributed by atoms with Gasteiger partial charge in [-0.15, -0.1) is 0 Å². The molecule has 0 aliphatic carbocycles. The third-order valence-corrected chi connectivity index (χ3v) is 5.59. The minimum atomic E-state index is -0.332. The Morgan fingerprint density at radius 2 is 2.03 bits per heavy atom. The molecule has 0 atom stereocenters. The minimum absolute atomic E-state index is 0.00173. The maximum Gasteiger partial charge on any atom is 0.246 e. The second-order valence-corrected chi connectivity index (χ2v) is 7.73. The van der Waals surface area contributed by atoms with E-state index in [0.717, 1.165) is 30.9 Å². The lowest BCUT2D eigenvalue weighted by atomic mass is 10.2. The molecule has 168 valence electrons. The summed E-state index contributed by atoms with van der Waals surface area (Å²) in [6, 6.07) is 4.85. The number of hydrogen-bond donors (Lipinski definition) is 0. The molecule has 0 saturated carbocycles. The Kier molecular flexibility index (Phi) is 9.40. The van der Waals surface area contributed by atoms with Gasteiger partial charge in [-0.05, 0) is 31.6 Å². The Hall–Kier alpha value is -2.51. The van der Waals surface area contributed by atoms with E-state index < -0.39 is 0 Å². The highest BCUT2D eigenvalue weighted by Gasteiger charge is 2.23. The van der Waals surface area contributed by atoms with Gasteiger partial charge in [0.25, 0.3) is 0 Å².